The highest BCUT2D eigenvalue weighted by atomic mass is 32.1. The summed E-state index contributed by atoms with van der Waals surface area (Å²) in [6.07, 6.45) is 4.20. The molecule has 0 radical (unpaired) electrons. The molecule has 0 amide bonds. The van der Waals surface area contributed by atoms with Gasteiger partial charge in [-0.05, 0) is 31.3 Å². The van der Waals surface area contributed by atoms with Crippen LogP contribution in [0.15, 0.2) is 29.1 Å². The highest BCUT2D eigenvalue weighted by molar-refractivity contribution is 7.71. The second kappa shape index (κ2) is 3.79. The highest BCUT2D eigenvalue weighted by Gasteiger charge is 2.08. The van der Waals surface area contributed by atoms with Crippen molar-refractivity contribution in [1.82, 2.24) is 14.8 Å². The third kappa shape index (κ3) is 1.77. The standard InChI is InChI=1S/C9H11N3OS/c1-7(5-8-3-2-4-13-8)12-6-10-11-9(12)14/h2-4,6-7H,5H2,1H3,(H,11,14). The van der Waals surface area contributed by atoms with E-state index >= 15 is 0 Å². The van der Waals surface area contributed by atoms with E-state index < -0.39 is 0 Å². The SMILES string of the molecule is CC(Cc1ccco1)n1cn[nH]c1=S. The van der Waals surface area contributed by atoms with Crippen molar-refractivity contribution in [1.29, 1.82) is 0 Å². The van der Waals surface area contributed by atoms with E-state index in [2.05, 4.69) is 17.1 Å². The second-order valence-corrected chi connectivity index (χ2v) is 3.59. The van der Waals surface area contributed by atoms with E-state index in [0.717, 1.165) is 12.2 Å². The molecule has 2 rings (SSSR count). The lowest BCUT2D eigenvalue weighted by atomic mass is 10.2. The van der Waals surface area contributed by atoms with Crippen LogP contribution in [-0.2, 0) is 6.42 Å². The summed E-state index contributed by atoms with van der Waals surface area (Å²) in [5, 5.41) is 6.60. The van der Waals surface area contributed by atoms with Gasteiger partial charge >= 0.3 is 0 Å². The van der Waals surface area contributed by atoms with Gasteiger partial charge in [-0.1, -0.05) is 0 Å². The summed E-state index contributed by atoms with van der Waals surface area (Å²) < 4.78 is 7.82. The quantitative estimate of drug-likeness (QED) is 0.789. The Kier molecular flexibility index (Phi) is 2.49. The minimum Gasteiger partial charge on any atom is -0.469 e. The maximum atomic E-state index is 5.26. The lowest BCUT2D eigenvalue weighted by Gasteiger charge is -2.09. The number of rotatable bonds is 3. The summed E-state index contributed by atoms with van der Waals surface area (Å²) >= 11 is 5.07. The average molecular weight is 209 g/mol. The van der Waals surface area contributed by atoms with Crippen LogP contribution in [0.25, 0.3) is 0 Å². The number of H-pyrrole nitrogens is 1. The van der Waals surface area contributed by atoms with Crippen molar-refractivity contribution in [2.45, 2.75) is 19.4 Å². The van der Waals surface area contributed by atoms with Gasteiger partial charge < -0.3 is 8.98 Å². The maximum Gasteiger partial charge on any atom is 0.195 e. The molecule has 0 saturated heterocycles. The molecule has 74 valence electrons. The Balaban J connectivity index is 2.14. The van der Waals surface area contributed by atoms with Gasteiger partial charge in [-0.25, -0.2) is 0 Å². The summed E-state index contributed by atoms with van der Waals surface area (Å²) in [7, 11) is 0. The second-order valence-electron chi connectivity index (χ2n) is 3.20. The maximum absolute atomic E-state index is 5.26. The van der Waals surface area contributed by atoms with Crippen LogP contribution in [0.2, 0.25) is 0 Å². The van der Waals surface area contributed by atoms with Gasteiger partial charge in [-0.2, -0.15) is 5.10 Å². The molecular weight excluding hydrogens is 198 g/mol. The van der Waals surface area contributed by atoms with Crippen molar-refractivity contribution in [3.63, 3.8) is 0 Å². The van der Waals surface area contributed by atoms with Crippen molar-refractivity contribution in [2.24, 2.45) is 0 Å². The van der Waals surface area contributed by atoms with Gasteiger partial charge in [0, 0.05) is 12.5 Å². The van der Waals surface area contributed by atoms with E-state index in [1.807, 2.05) is 16.7 Å². The third-order valence-corrected chi connectivity index (χ3v) is 2.43. The molecule has 1 N–H and O–H groups in total. The molecule has 0 saturated carbocycles. The summed E-state index contributed by atoms with van der Waals surface area (Å²) in [4.78, 5) is 0. The fraction of sp³-hybridized carbons (Fsp3) is 0.333. The van der Waals surface area contributed by atoms with E-state index in [4.69, 9.17) is 16.6 Å². The van der Waals surface area contributed by atoms with Gasteiger partial charge in [0.1, 0.15) is 12.1 Å². The molecule has 1 atom stereocenters. The van der Waals surface area contributed by atoms with Gasteiger partial charge in [0.25, 0.3) is 0 Å². The highest BCUT2D eigenvalue weighted by Crippen LogP contribution is 2.13. The van der Waals surface area contributed by atoms with Crippen molar-refractivity contribution in [2.75, 3.05) is 0 Å². The first-order chi connectivity index (χ1) is 6.77. The van der Waals surface area contributed by atoms with Gasteiger partial charge in [0.05, 0.1) is 6.26 Å². The van der Waals surface area contributed by atoms with Crippen LogP contribution < -0.4 is 0 Å². The zero-order chi connectivity index (χ0) is 9.97. The largest absolute Gasteiger partial charge is 0.469 e. The Morgan fingerprint density at radius 2 is 2.57 bits per heavy atom. The van der Waals surface area contributed by atoms with Crippen molar-refractivity contribution < 1.29 is 4.42 Å². The number of nitrogens with zero attached hydrogens (tertiary/aromatic N) is 2. The molecule has 2 heterocycles. The van der Waals surface area contributed by atoms with Gasteiger partial charge in [-0.15, -0.1) is 0 Å². The Hall–Kier alpha value is -1.36. The van der Waals surface area contributed by atoms with E-state index in [0.29, 0.717) is 4.77 Å². The first kappa shape index (κ1) is 9.21. The monoisotopic (exact) mass is 209 g/mol. The van der Waals surface area contributed by atoms with Gasteiger partial charge in [0.2, 0.25) is 0 Å². The van der Waals surface area contributed by atoms with E-state index in [1.54, 1.807) is 12.6 Å². The van der Waals surface area contributed by atoms with Crippen LogP contribution in [0, 0.1) is 4.77 Å². The van der Waals surface area contributed by atoms with Crippen LogP contribution in [0.1, 0.15) is 18.7 Å². The molecule has 14 heavy (non-hydrogen) atoms. The van der Waals surface area contributed by atoms with Crippen LogP contribution in [0.3, 0.4) is 0 Å². The summed E-state index contributed by atoms with van der Waals surface area (Å²) in [5.41, 5.74) is 0. The zero-order valence-corrected chi connectivity index (χ0v) is 8.62. The Morgan fingerprint density at radius 1 is 1.71 bits per heavy atom. The molecular formula is C9H11N3OS. The number of hydrogen-bond donors (Lipinski definition) is 1. The molecule has 0 aliphatic heterocycles. The van der Waals surface area contributed by atoms with Crippen LogP contribution in [0.4, 0.5) is 0 Å². The topological polar surface area (TPSA) is 46.8 Å². The summed E-state index contributed by atoms with van der Waals surface area (Å²) in [6, 6.07) is 4.10. The third-order valence-electron chi connectivity index (χ3n) is 2.13. The Bertz CT molecular complexity index is 443. The van der Waals surface area contributed by atoms with Crippen molar-refractivity contribution in [3.05, 3.63) is 35.3 Å². The molecule has 1 unspecified atom stereocenters. The minimum absolute atomic E-state index is 0.257. The predicted molar refractivity (Wildman–Crippen MR) is 54.5 cm³/mol. The first-order valence-electron chi connectivity index (χ1n) is 4.41. The minimum atomic E-state index is 0.257. The number of nitrogens with one attached hydrogen (secondary N) is 1. The van der Waals surface area contributed by atoms with Crippen LogP contribution >= 0.6 is 12.2 Å². The zero-order valence-electron chi connectivity index (χ0n) is 7.80. The van der Waals surface area contributed by atoms with Gasteiger partial charge in [0.15, 0.2) is 4.77 Å². The molecule has 4 nitrogen and oxygen atoms in total. The fourth-order valence-corrected chi connectivity index (χ4v) is 1.67. The molecule has 0 aliphatic rings. The molecule has 0 bridgehead atoms. The predicted octanol–water partition coefficient (Wildman–Crippen LogP) is 2.34. The number of aromatic amines is 1. The smallest absolute Gasteiger partial charge is 0.195 e. The van der Waals surface area contributed by atoms with Crippen molar-refractivity contribution >= 4 is 12.2 Å². The number of furan rings is 1. The number of aromatic nitrogens is 3. The lowest BCUT2D eigenvalue weighted by molar-refractivity contribution is 0.446. The van der Waals surface area contributed by atoms with E-state index in [9.17, 15) is 0 Å². The molecule has 2 aromatic rings. The molecule has 0 aromatic carbocycles. The molecule has 0 fully saturated rings. The van der Waals surface area contributed by atoms with E-state index in [-0.39, 0.29) is 6.04 Å². The average Bonchev–Trinajstić information content (AvgIpc) is 2.75. The summed E-state index contributed by atoms with van der Waals surface area (Å²) in [5.74, 6) is 0.959. The lowest BCUT2D eigenvalue weighted by Crippen LogP contribution is -2.06. The number of hydrogen-bond acceptors (Lipinski definition) is 3. The molecule has 2 aromatic heterocycles. The fourth-order valence-electron chi connectivity index (χ4n) is 1.39. The van der Waals surface area contributed by atoms with Crippen molar-refractivity contribution in [3.8, 4) is 0 Å². The molecule has 0 spiro atoms. The van der Waals surface area contributed by atoms with E-state index in [1.165, 1.54) is 0 Å². The Morgan fingerprint density at radius 3 is 3.14 bits per heavy atom. The molecule has 0 aliphatic carbocycles. The normalized spacial score (nSPS) is 12.9. The van der Waals surface area contributed by atoms with Crippen LogP contribution in [0.5, 0.6) is 0 Å². The van der Waals surface area contributed by atoms with Gasteiger partial charge in [-0.3, -0.25) is 5.10 Å². The van der Waals surface area contributed by atoms with Crippen LogP contribution in [-0.4, -0.2) is 14.8 Å². The Labute approximate surface area is 86.6 Å². The molecule has 5 heteroatoms. The first-order valence-corrected chi connectivity index (χ1v) is 4.82. The summed E-state index contributed by atoms with van der Waals surface area (Å²) in [6.45, 7) is 2.08.